The molecule has 2 aromatic carbocycles. The minimum atomic E-state index is -3.52. The summed E-state index contributed by atoms with van der Waals surface area (Å²) >= 11 is 6.09. The van der Waals surface area contributed by atoms with E-state index in [-0.39, 0.29) is 0 Å². The largest absolute Gasteiger partial charge is 0.441 e. The first kappa shape index (κ1) is 23.0. The lowest BCUT2D eigenvalue weighted by atomic mass is 10.1. The van der Waals surface area contributed by atoms with Crippen LogP contribution >= 0.6 is 11.6 Å². The van der Waals surface area contributed by atoms with Crippen LogP contribution in [0.1, 0.15) is 28.1 Å². The van der Waals surface area contributed by atoms with Crippen molar-refractivity contribution >= 4 is 21.6 Å². The van der Waals surface area contributed by atoms with E-state index in [0.717, 1.165) is 33.7 Å². The Hall–Kier alpha value is -2.19. The number of halogens is 1. The molecule has 1 fully saturated rings. The molecule has 8 heteroatoms. The Balaban J connectivity index is 1.45. The third-order valence-electron chi connectivity index (χ3n) is 5.87. The lowest BCUT2D eigenvalue weighted by Gasteiger charge is -2.34. The van der Waals surface area contributed by atoms with Gasteiger partial charge in [0.15, 0.2) is 0 Å². The molecule has 3 aromatic rings. The van der Waals surface area contributed by atoms with Crippen LogP contribution in [0, 0.1) is 27.7 Å². The maximum absolute atomic E-state index is 13.3. The zero-order valence-electron chi connectivity index (χ0n) is 18.9. The van der Waals surface area contributed by atoms with Crippen LogP contribution in [0.2, 0.25) is 5.02 Å². The highest BCUT2D eigenvalue weighted by atomic mass is 35.5. The van der Waals surface area contributed by atoms with Crippen LogP contribution in [0.5, 0.6) is 0 Å². The first-order chi connectivity index (χ1) is 15.1. The van der Waals surface area contributed by atoms with Gasteiger partial charge in [-0.25, -0.2) is 13.4 Å². The number of aryl methyl sites for hydroxylation is 4. The minimum absolute atomic E-state index is 0.440. The number of hydrogen-bond acceptors (Lipinski definition) is 5. The molecule has 1 saturated heterocycles. The topological polar surface area (TPSA) is 66.7 Å². The Bertz CT molecular complexity index is 1220. The van der Waals surface area contributed by atoms with Gasteiger partial charge in [0.2, 0.25) is 15.9 Å². The Labute approximate surface area is 194 Å². The summed E-state index contributed by atoms with van der Waals surface area (Å²) in [6, 6.07) is 11.3. The highest BCUT2D eigenvalue weighted by Gasteiger charge is 2.31. The van der Waals surface area contributed by atoms with Crippen molar-refractivity contribution in [3.05, 3.63) is 69.6 Å². The van der Waals surface area contributed by atoms with Gasteiger partial charge in [-0.2, -0.15) is 4.31 Å². The molecule has 0 amide bonds. The van der Waals surface area contributed by atoms with Gasteiger partial charge in [-0.1, -0.05) is 35.4 Å². The van der Waals surface area contributed by atoms with E-state index < -0.39 is 10.0 Å². The molecule has 32 heavy (non-hydrogen) atoms. The van der Waals surface area contributed by atoms with Crippen molar-refractivity contribution in [3.63, 3.8) is 0 Å². The molecule has 0 bridgehead atoms. The van der Waals surface area contributed by atoms with Crippen molar-refractivity contribution in [3.8, 4) is 11.5 Å². The molecule has 2 heterocycles. The number of benzene rings is 2. The standard InChI is InChI=1S/C24H28ClN3O3S/c1-16-12-17(2)23(18(3)13-16)32(29,30)28-10-8-27(9-11-28)15-22-19(4)31-24(26-22)20-6-5-7-21(25)14-20/h5-7,12-14H,8-11,15H2,1-4H3. The van der Waals surface area contributed by atoms with Crippen LogP contribution in [0.25, 0.3) is 11.5 Å². The summed E-state index contributed by atoms with van der Waals surface area (Å²) in [6.07, 6.45) is 0. The van der Waals surface area contributed by atoms with Crippen LogP contribution in [0.3, 0.4) is 0 Å². The molecule has 1 aliphatic rings. The smallest absolute Gasteiger partial charge is 0.243 e. The second-order valence-electron chi connectivity index (χ2n) is 8.44. The molecule has 0 spiro atoms. The lowest BCUT2D eigenvalue weighted by molar-refractivity contribution is 0.179. The van der Waals surface area contributed by atoms with E-state index in [1.807, 2.05) is 64.1 Å². The Morgan fingerprint density at radius 2 is 1.66 bits per heavy atom. The molecular formula is C24H28ClN3O3S. The highest BCUT2D eigenvalue weighted by Crippen LogP contribution is 2.28. The number of sulfonamides is 1. The van der Waals surface area contributed by atoms with Crippen molar-refractivity contribution in [2.45, 2.75) is 39.1 Å². The number of nitrogens with zero attached hydrogens (tertiary/aromatic N) is 3. The predicted molar refractivity (Wildman–Crippen MR) is 126 cm³/mol. The average Bonchev–Trinajstić information content (AvgIpc) is 3.08. The highest BCUT2D eigenvalue weighted by molar-refractivity contribution is 7.89. The van der Waals surface area contributed by atoms with Crippen LogP contribution in [0.15, 0.2) is 45.7 Å². The van der Waals surface area contributed by atoms with Crippen molar-refractivity contribution in [2.75, 3.05) is 26.2 Å². The molecule has 0 aliphatic carbocycles. The molecule has 0 saturated carbocycles. The molecule has 0 unspecified atom stereocenters. The molecule has 0 atom stereocenters. The number of aromatic nitrogens is 1. The van der Waals surface area contributed by atoms with E-state index in [1.54, 1.807) is 4.31 Å². The quantitative estimate of drug-likeness (QED) is 0.535. The van der Waals surface area contributed by atoms with Crippen LogP contribution in [-0.4, -0.2) is 48.8 Å². The Morgan fingerprint density at radius 1 is 1.00 bits per heavy atom. The van der Waals surface area contributed by atoms with Gasteiger partial charge in [0, 0.05) is 43.3 Å². The fourth-order valence-electron chi connectivity index (χ4n) is 4.36. The zero-order chi connectivity index (χ0) is 23.0. The van der Waals surface area contributed by atoms with E-state index in [4.69, 9.17) is 16.0 Å². The number of rotatable bonds is 5. The first-order valence-electron chi connectivity index (χ1n) is 10.7. The zero-order valence-corrected chi connectivity index (χ0v) is 20.4. The molecule has 4 rings (SSSR count). The van der Waals surface area contributed by atoms with Gasteiger partial charge < -0.3 is 4.42 Å². The summed E-state index contributed by atoms with van der Waals surface area (Å²) in [5.41, 5.74) is 4.38. The Kier molecular flexibility index (Phi) is 6.45. The normalized spacial score (nSPS) is 15.9. The second-order valence-corrected chi connectivity index (χ2v) is 10.8. The lowest BCUT2D eigenvalue weighted by Crippen LogP contribution is -2.48. The van der Waals surface area contributed by atoms with Gasteiger partial charge in [-0.05, 0) is 57.0 Å². The summed E-state index contributed by atoms with van der Waals surface area (Å²) in [4.78, 5) is 7.32. The van der Waals surface area contributed by atoms with E-state index in [9.17, 15) is 8.42 Å². The van der Waals surface area contributed by atoms with E-state index in [1.165, 1.54) is 0 Å². The average molecular weight is 474 g/mol. The Morgan fingerprint density at radius 3 is 2.28 bits per heavy atom. The van der Waals surface area contributed by atoms with Crippen molar-refractivity contribution < 1.29 is 12.8 Å². The van der Waals surface area contributed by atoms with E-state index >= 15 is 0 Å². The monoisotopic (exact) mass is 473 g/mol. The summed E-state index contributed by atoms with van der Waals surface area (Å²) in [7, 11) is -3.52. The number of piperazine rings is 1. The first-order valence-corrected chi connectivity index (χ1v) is 12.5. The summed E-state index contributed by atoms with van der Waals surface area (Å²) in [5.74, 6) is 1.31. The summed E-state index contributed by atoms with van der Waals surface area (Å²) in [6.45, 7) is 10.4. The van der Waals surface area contributed by atoms with Crippen molar-refractivity contribution in [2.24, 2.45) is 0 Å². The fourth-order valence-corrected chi connectivity index (χ4v) is 6.39. The third kappa shape index (κ3) is 4.62. The van der Waals surface area contributed by atoms with Gasteiger partial charge in [-0.3, -0.25) is 4.90 Å². The molecule has 1 aromatic heterocycles. The molecular weight excluding hydrogens is 446 g/mol. The molecule has 1 aliphatic heterocycles. The fraction of sp³-hybridized carbons (Fsp3) is 0.375. The SMILES string of the molecule is Cc1cc(C)c(S(=O)(=O)N2CCN(Cc3nc(-c4cccc(Cl)c4)oc3C)CC2)c(C)c1. The molecule has 0 N–H and O–H groups in total. The maximum atomic E-state index is 13.3. The third-order valence-corrected chi connectivity index (χ3v) is 8.31. The maximum Gasteiger partial charge on any atom is 0.243 e. The van der Waals surface area contributed by atoms with E-state index in [2.05, 4.69) is 9.88 Å². The van der Waals surface area contributed by atoms with Gasteiger partial charge >= 0.3 is 0 Å². The minimum Gasteiger partial charge on any atom is -0.441 e. The summed E-state index contributed by atoms with van der Waals surface area (Å²) in [5, 5.41) is 0.635. The van der Waals surface area contributed by atoms with Crippen LogP contribution in [-0.2, 0) is 16.6 Å². The predicted octanol–water partition coefficient (Wildman–Crippen LogP) is 4.74. The summed E-state index contributed by atoms with van der Waals surface area (Å²) < 4.78 is 34.1. The van der Waals surface area contributed by atoms with Crippen molar-refractivity contribution in [1.82, 2.24) is 14.2 Å². The molecule has 170 valence electrons. The van der Waals surface area contributed by atoms with E-state index in [0.29, 0.717) is 48.5 Å². The van der Waals surface area contributed by atoms with Gasteiger partial charge in [0.1, 0.15) is 5.76 Å². The van der Waals surface area contributed by atoms with Gasteiger partial charge in [-0.15, -0.1) is 0 Å². The van der Waals surface area contributed by atoms with Crippen molar-refractivity contribution in [1.29, 1.82) is 0 Å². The number of hydrogen-bond donors (Lipinski definition) is 0. The van der Waals surface area contributed by atoms with Crippen LogP contribution in [0.4, 0.5) is 0 Å². The van der Waals surface area contributed by atoms with Gasteiger partial charge in [0.05, 0.1) is 10.6 Å². The van der Waals surface area contributed by atoms with Crippen LogP contribution < -0.4 is 0 Å². The van der Waals surface area contributed by atoms with Gasteiger partial charge in [0.25, 0.3) is 0 Å². The number of oxazole rings is 1. The second kappa shape index (κ2) is 8.98. The molecule has 6 nitrogen and oxygen atoms in total. The molecule has 0 radical (unpaired) electrons.